The first kappa shape index (κ1) is 85.6. The van der Waals surface area contributed by atoms with E-state index in [0.29, 0.717) is 22.6 Å². The van der Waals surface area contributed by atoms with Gasteiger partial charge in [-0.15, -0.1) is 11.3 Å². The Morgan fingerprint density at radius 3 is 1.59 bits per heavy atom. The van der Waals surface area contributed by atoms with Crippen molar-refractivity contribution in [2.75, 3.05) is 13.2 Å². The van der Waals surface area contributed by atoms with Gasteiger partial charge in [0.1, 0.15) is 66.5 Å². The molecule has 3 rings (SSSR count). The van der Waals surface area contributed by atoms with E-state index >= 15 is 0 Å². The van der Waals surface area contributed by atoms with Crippen LogP contribution < -0.4 is 87.2 Å². The fourth-order valence-electron chi connectivity index (χ4n) is 9.88. The highest BCUT2D eigenvalue weighted by atomic mass is 32.1. The number of hydrogen-bond donors (Lipinski definition) is 20. The topological polar surface area (TPSA) is 620 Å². The highest BCUT2D eigenvalue weighted by Crippen LogP contribution is 2.16. The van der Waals surface area contributed by atoms with Crippen LogP contribution in [-0.2, 0) is 91.2 Å². The van der Waals surface area contributed by atoms with Crippen molar-refractivity contribution in [3.63, 3.8) is 0 Å². The van der Waals surface area contributed by atoms with Crippen LogP contribution >= 0.6 is 11.3 Å². The molecule has 0 aliphatic rings. The standard InChI is InChI=1S/C64H97N19O18S/c1-8-33(6)50(66)62(100)82-46(29-84)61(99)79-43(25-37-16-13-21-102-37)60(98)83-51(32(4)5)63(101)81-44(26-47(65)85)59(97)77-41(22-31(2)3)57(95)80-45(27-49(88)89)56(94)73-34(7)53(91)74-39(18-19-48(86)87)55(93)78-42(23-35-14-10-9-11-15-35)58(96)75-38(17-12-20-71-64(68)69)54(92)76-40(52(67)90)24-36-28-70-30-72-36/h9-11,13-16,21,28,30-34,38-46,50-51,84H,8,12,17-20,22-27,29,66H2,1-7H3,(H2,65,85)(H2,67,90)(H,70,72)(H,73,94)(H,74,91)(H,75,96)(H,76,92)(H,77,97)(H,78,93)(H,79,99)(H,80,95)(H,81,101)(H,82,100)(H,83,98)(H,86,87)(H,88,89)(H4,68,69,71)/t33-,34-,38-,39-,40-,41-,42-,43-,44-,45-,46-,50-,51-/m0/s1. The number of aliphatic imine (C=N–C) groups is 1. The number of carbonyl (C=O) groups is 15. The minimum absolute atomic E-state index is 0.00235. The highest BCUT2D eigenvalue weighted by Gasteiger charge is 2.38. The lowest BCUT2D eigenvalue weighted by Gasteiger charge is -2.29. The largest absolute Gasteiger partial charge is 0.481 e. The van der Waals surface area contributed by atoms with Crippen LogP contribution in [0.5, 0.6) is 0 Å². The average molecular weight is 1450 g/mol. The number of thiophene rings is 1. The van der Waals surface area contributed by atoms with E-state index < -0.39 is 205 Å². The van der Waals surface area contributed by atoms with Gasteiger partial charge >= 0.3 is 11.9 Å². The molecule has 2 aromatic heterocycles. The summed E-state index contributed by atoms with van der Waals surface area (Å²) in [6, 6.07) is -7.29. The smallest absolute Gasteiger partial charge is 0.305 e. The van der Waals surface area contributed by atoms with Crippen molar-refractivity contribution in [3.05, 3.63) is 76.5 Å². The molecule has 3 aromatic rings. The third-order valence-electron chi connectivity index (χ3n) is 15.8. The Balaban J connectivity index is 1.87. The van der Waals surface area contributed by atoms with Gasteiger partial charge in [-0.25, -0.2) is 4.98 Å². The lowest BCUT2D eigenvalue weighted by Crippen LogP contribution is -2.62. The summed E-state index contributed by atoms with van der Waals surface area (Å²) in [5.41, 5.74) is 29.1. The Hall–Kier alpha value is -10.6. The van der Waals surface area contributed by atoms with Gasteiger partial charge in [0.15, 0.2) is 5.96 Å². The van der Waals surface area contributed by atoms with Gasteiger partial charge in [-0.3, -0.25) is 76.9 Å². The van der Waals surface area contributed by atoms with Gasteiger partial charge in [0.2, 0.25) is 76.8 Å². The van der Waals surface area contributed by atoms with Crippen LogP contribution in [0.25, 0.3) is 0 Å². The quantitative estimate of drug-likeness (QED) is 0.0143. The number of carbonyl (C=O) groups excluding carboxylic acids is 13. The molecule has 0 aliphatic heterocycles. The molecule has 13 amide bonds. The lowest BCUT2D eigenvalue weighted by molar-refractivity contribution is -0.142. The van der Waals surface area contributed by atoms with Crippen molar-refractivity contribution in [3.8, 4) is 0 Å². The second-order valence-electron chi connectivity index (χ2n) is 25.0. The molecule has 25 N–H and O–H groups in total. The molecular weight excluding hydrogens is 1350 g/mol. The number of hydrogen-bond acceptors (Lipinski definition) is 20. The number of nitrogens with two attached hydrogens (primary N) is 5. The maximum atomic E-state index is 14.4. The molecule has 0 saturated heterocycles. The molecule has 0 fully saturated rings. The van der Waals surface area contributed by atoms with E-state index in [2.05, 4.69) is 73.4 Å². The molecular formula is C64H97N19O18S. The van der Waals surface area contributed by atoms with Crippen LogP contribution in [0.1, 0.15) is 116 Å². The van der Waals surface area contributed by atoms with Crippen molar-refractivity contribution < 1.29 is 87.2 Å². The highest BCUT2D eigenvalue weighted by molar-refractivity contribution is 7.09. The Kier molecular flexibility index (Phi) is 36.2. The second-order valence-corrected chi connectivity index (χ2v) is 26.1. The predicted molar refractivity (Wildman–Crippen MR) is 368 cm³/mol. The van der Waals surface area contributed by atoms with Crippen LogP contribution in [0.4, 0.5) is 0 Å². The molecule has 562 valence electrons. The number of carboxylic acid groups (broad SMARTS) is 2. The fourth-order valence-corrected chi connectivity index (χ4v) is 10.6. The molecule has 102 heavy (non-hydrogen) atoms. The summed E-state index contributed by atoms with van der Waals surface area (Å²) in [4.78, 5) is 214. The molecule has 0 spiro atoms. The number of imidazole rings is 1. The number of nitrogens with one attached hydrogen (secondary N) is 12. The van der Waals surface area contributed by atoms with E-state index in [0.717, 1.165) is 6.92 Å². The number of carboxylic acids is 2. The van der Waals surface area contributed by atoms with E-state index in [-0.39, 0.29) is 56.9 Å². The summed E-state index contributed by atoms with van der Waals surface area (Å²) in [5, 5.41) is 58.1. The number of aromatic amines is 1. The Bertz CT molecular complexity index is 3370. The number of aliphatic hydroxyl groups is 1. The number of aromatic nitrogens is 2. The van der Waals surface area contributed by atoms with Gasteiger partial charge in [0.05, 0.1) is 31.8 Å². The molecule has 0 aliphatic carbocycles. The first-order chi connectivity index (χ1) is 48.0. The van der Waals surface area contributed by atoms with E-state index in [1.165, 1.54) is 37.7 Å². The van der Waals surface area contributed by atoms with Crippen LogP contribution in [-0.4, -0.2) is 206 Å². The van der Waals surface area contributed by atoms with Crippen molar-refractivity contribution in [2.24, 2.45) is 51.4 Å². The Labute approximate surface area is 592 Å². The summed E-state index contributed by atoms with van der Waals surface area (Å²) >= 11 is 1.23. The van der Waals surface area contributed by atoms with E-state index in [1.54, 1.807) is 75.5 Å². The Morgan fingerprint density at radius 2 is 1.05 bits per heavy atom. The zero-order chi connectivity index (χ0) is 76.5. The van der Waals surface area contributed by atoms with Crippen LogP contribution in [0.2, 0.25) is 0 Å². The number of amides is 13. The summed E-state index contributed by atoms with van der Waals surface area (Å²) in [7, 11) is 0. The van der Waals surface area contributed by atoms with Crippen molar-refractivity contribution >= 4 is 106 Å². The third-order valence-corrected chi connectivity index (χ3v) is 16.7. The number of aliphatic carboxylic acids is 2. The zero-order valence-corrected chi connectivity index (χ0v) is 58.6. The number of H-pyrrole nitrogens is 1. The lowest BCUT2D eigenvalue weighted by atomic mass is 9.99. The van der Waals surface area contributed by atoms with Crippen molar-refractivity contribution in [1.82, 2.24) is 68.5 Å². The van der Waals surface area contributed by atoms with E-state index in [9.17, 15) is 87.2 Å². The van der Waals surface area contributed by atoms with Crippen LogP contribution in [0.15, 0.2) is 65.4 Å². The van der Waals surface area contributed by atoms with Gasteiger partial charge in [-0.05, 0) is 67.4 Å². The Morgan fingerprint density at radius 1 is 0.539 bits per heavy atom. The van der Waals surface area contributed by atoms with E-state index in [1.807, 2.05) is 0 Å². The summed E-state index contributed by atoms with van der Waals surface area (Å²) in [6.07, 6.45) is -0.857. The minimum Gasteiger partial charge on any atom is -0.481 e. The molecule has 0 radical (unpaired) electrons. The van der Waals surface area contributed by atoms with Crippen molar-refractivity contribution in [1.29, 1.82) is 0 Å². The normalized spacial score (nSPS) is 14.9. The van der Waals surface area contributed by atoms with Gasteiger partial charge in [-0.1, -0.05) is 84.4 Å². The first-order valence-electron chi connectivity index (χ1n) is 32.8. The van der Waals surface area contributed by atoms with Gasteiger partial charge in [-0.2, -0.15) is 0 Å². The summed E-state index contributed by atoms with van der Waals surface area (Å²) in [6.45, 7) is 10.0. The molecule has 2 heterocycles. The fraction of sp³-hybridized carbons (Fsp3) is 0.547. The average Bonchev–Trinajstić information content (AvgIpc) is 0.934. The number of benzene rings is 1. The molecule has 37 nitrogen and oxygen atoms in total. The van der Waals surface area contributed by atoms with Crippen LogP contribution in [0, 0.1) is 17.8 Å². The van der Waals surface area contributed by atoms with Crippen molar-refractivity contribution in [2.45, 2.75) is 192 Å². The molecule has 0 bridgehead atoms. The minimum atomic E-state index is -2.01. The second kappa shape index (κ2) is 43.1. The number of aliphatic hydroxyl groups excluding tert-OH is 1. The third kappa shape index (κ3) is 30.5. The zero-order valence-electron chi connectivity index (χ0n) is 57.8. The van der Waals surface area contributed by atoms with Crippen LogP contribution in [0.3, 0.4) is 0 Å². The molecule has 38 heteroatoms. The molecule has 0 unspecified atom stereocenters. The number of primary amides is 2. The number of rotatable bonds is 46. The summed E-state index contributed by atoms with van der Waals surface area (Å²) < 4.78 is 0. The SMILES string of the molecule is CC[C@H](C)[C@H](N)C(=O)N[C@@H](CO)C(=O)N[C@@H](Cc1cccs1)C(=O)N[C@H](C(=O)N[C@@H](CC(N)=O)C(=O)N[C@@H](CC(C)C)C(=O)N[C@@H](CC(=O)O)C(=O)N[C@@H](C)C(=O)N[C@@H](CCC(=O)O)C(=O)N[C@@H](Cc1ccccc1)C(=O)N[C@@H](CCCN=C(N)N)C(=O)N[C@@H](Cc1cnc[nH]1)C(N)=O)C(C)C. The maximum absolute atomic E-state index is 14.4. The molecule has 0 saturated carbocycles. The number of nitrogens with zero attached hydrogens (tertiary/aromatic N) is 2. The predicted octanol–water partition coefficient (Wildman–Crippen LogP) is -5.33. The maximum Gasteiger partial charge on any atom is 0.305 e. The number of guanidine groups is 1. The monoisotopic (exact) mass is 1450 g/mol. The van der Waals surface area contributed by atoms with Gasteiger partial charge in [0, 0.05) is 49.0 Å². The first-order valence-corrected chi connectivity index (χ1v) is 33.7. The summed E-state index contributed by atoms with van der Waals surface area (Å²) in [5.74, 6) is -18.4. The molecule has 1 aromatic carbocycles. The van der Waals surface area contributed by atoms with E-state index in [4.69, 9.17) is 28.7 Å². The molecule has 13 atom stereocenters. The van der Waals surface area contributed by atoms with Gasteiger partial charge in [0.25, 0.3) is 0 Å². The van der Waals surface area contributed by atoms with Gasteiger partial charge < -0.3 is 107 Å².